The Hall–Kier alpha value is -1.24. The van der Waals surface area contributed by atoms with Gasteiger partial charge in [0.05, 0.1) is 34.3 Å². The maximum absolute atomic E-state index is 13.2. The van der Waals surface area contributed by atoms with Crippen molar-refractivity contribution in [3.05, 3.63) is 32.9 Å². The SMILES string of the molecule is COc1nc(N(C)C)sc1CNc1c(Cl)cc(F)cc1Cl. The zero-order valence-electron chi connectivity index (χ0n) is 11.7. The lowest BCUT2D eigenvalue weighted by Gasteiger charge is -2.10. The lowest BCUT2D eigenvalue weighted by molar-refractivity contribution is 0.397. The Morgan fingerprint density at radius 2 is 1.95 bits per heavy atom. The molecule has 0 spiro atoms. The van der Waals surface area contributed by atoms with E-state index in [-0.39, 0.29) is 10.0 Å². The molecule has 1 heterocycles. The number of halogens is 3. The van der Waals surface area contributed by atoms with Gasteiger partial charge in [0, 0.05) is 14.1 Å². The third kappa shape index (κ3) is 3.70. The predicted octanol–water partition coefficient (Wildman–Crippen LogP) is 4.28. The summed E-state index contributed by atoms with van der Waals surface area (Å²) in [5.74, 6) is 0.0753. The van der Waals surface area contributed by atoms with Crippen LogP contribution in [-0.4, -0.2) is 26.2 Å². The van der Waals surface area contributed by atoms with Crippen LogP contribution in [0.4, 0.5) is 15.2 Å². The van der Waals surface area contributed by atoms with Gasteiger partial charge in [0.2, 0.25) is 5.88 Å². The second kappa shape index (κ2) is 6.68. The molecule has 0 aliphatic carbocycles. The van der Waals surface area contributed by atoms with Gasteiger partial charge in [-0.05, 0) is 12.1 Å². The van der Waals surface area contributed by atoms with Crippen molar-refractivity contribution in [2.24, 2.45) is 0 Å². The fourth-order valence-electron chi connectivity index (χ4n) is 1.67. The van der Waals surface area contributed by atoms with E-state index in [2.05, 4.69) is 10.3 Å². The molecule has 8 heteroatoms. The van der Waals surface area contributed by atoms with Crippen LogP contribution in [0.3, 0.4) is 0 Å². The summed E-state index contributed by atoms with van der Waals surface area (Å²) >= 11 is 13.5. The molecule has 21 heavy (non-hydrogen) atoms. The molecule has 114 valence electrons. The molecule has 0 bridgehead atoms. The van der Waals surface area contributed by atoms with Gasteiger partial charge in [0.15, 0.2) is 5.13 Å². The summed E-state index contributed by atoms with van der Waals surface area (Å²) in [4.78, 5) is 7.15. The Bertz CT molecular complexity index is 625. The normalized spacial score (nSPS) is 10.6. The Kier molecular flexibility index (Phi) is 5.13. The number of thiazole rings is 1. The van der Waals surface area contributed by atoms with E-state index in [0.717, 1.165) is 10.0 Å². The van der Waals surface area contributed by atoms with Gasteiger partial charge in [-0.2, -0.15) is 4.98 Å². The highest BCUT2D eigenvalue weighted by Crippen LogP contribution is 2.34. The highest BCUT2D eigenvalue weighted by atomic mass is 35.5. The highest BCUT2D eigenvalue weighted by Gasteiger charge is 2.15. The van der Waals surface area contributed by atoms with Gasteiger partial charge in [-0.3, -0.25) is 0 Å². The molecular weight excluding hydrogens is 336 g/mol. The minimum atomic E-state index is -0.471. The quantitative estimate of drug-likeness (QED) is 0.874. The topological polar surface area (TPSA) is 37.4 Å². The number of nitrogens with zero attached hydrogens (tertiary/aromatic N) is 2. The maximum Gasteiger partial charge on any atom is 0.231 e. The first-order valence-electron chi connectivity index (χ1n) is 6.01. The van der Waals surface area contributed by atoms with Crippen molar-refractivity contribution in [1.29, 1.82) is 0 Å². The number of methoxy groups -OCH3 is 1. The van der Waals surface area contributed by atoms with E-state index in [1.54, 1.807) is 7.11 Å². The molecule has 4 nitrogen and oxygen atoms in total. The lowest BCUT2D eigenvalue weighted by atomic mass is 10.3. The first-order chi connectivity index (χ1) is 9.92. The smallest absolute Gasteiger partial charge is 0.231 e. The number of benzene rings is 1. The number of aromatic nitrogens is 1. The number of rotatable bonds is 5. The van der Waals surface area contributed by atoms with Crippen LogP contribution in [0.15, 0.2) is 12.1 Å². The first kappa shape index (κ1) is 16.1. The third-order valence-electron chi connectivity index (χ3n) is 2.66. The molecule has 0 radical (unpaired) electrons. The predicted molar refractivity (Wildman–Crippen MR) is 86.7 cm³/mol. The average Bonchev–Trinajstić information content (AvgIpc) is 2.81. The van der Waals surface area contributed by atoms with Crippen LogP contribution in [0, 0.1) is 5.82 Å². The number of anilines is 2. The first-order valence-corrected chi connectivity index (χ1v) is 7.59. The molecule has 0 fully saturated rings. The van der Waals surface area contributed by atoms with Crippen LogP contribution in [0.25, 0.3) is 0 Å². The Balaban J connectivity index is 2.20. The van der Waals surface area contributed by atoms with E-state index >= 15 is 0 Å². The van der Waals surface area contributed by atoms with Crippen molar-refractivity contribution in [3.63, 3.8) is 0 Å². The Labute approximate surface area is 136 Å². The van der Waals surface area contributed by atoms with E-state index < -0.39 is 5.82 Å². The summed E-state index contributed by atoms with van der Waals surface area (Å²) in [5, 5.41) is 4.39. The molecular formula is C13H14Cl2FN3OS. The van der Waals surface area contributed by atoms with Crippen molar-refractivity contribution < 1.29 is 9.13 Å². The summed E-state index contributed by atoms with van der Waals surface area (Å²) in [6.45, 7) is 0.430. The molecule has 0 aliphatic rings. The van der Waals surface area contributed by atoms with Crippen LogP contribution in [0.2, 0.25) is 10.0 Å². The van der Waals surface area contributed by atoms with Crippen LogP contribution >= 0.6 is 34.5 Å². The number of hydrogen-bond acceptors (Lipinski definition) is 5. The zero-order valence-corrected chi connectivity index (χ0v) is 14.0. The van der Waals surface area contributed by atoms with Gasteiger partial charge >= 0.3 is 0 Å². The van der Waals surface area contributed by atoms with Gasteiger partial charge < -0.3 is 15.0 Å². The van der Waals surface area contributed by atoms with Crippen LogP contribution in [0.1, 0.15) is 4.88 Å². The molecule has 0 unspecified atom stereocenters. The summed E-state index contributed by atoms with van der Waals surface area (Å²) in [5.41, 5.74) is 0.488. The molecule has 0 saturated carbocycles. The van der Waals surface area contributed by atoms with Gasteiger partial charge in [0.25, 0.3) is 0 Å². The van der Waals surface area contributed by atoms with E-state index in [1.165, 1.54) is 23.5 Å². The maximum atomic E-state index is 13.2. The van der Waals surface area contributed by atoms with Gasteiger partial charge in [-0.25, -0.2) is 4.39 Å². The van der Waals surface area contributed by atoms with E-state index in [1.807, 2.05) is 19.0 Å². The van der Waals surface area contributed by atoms with Crippen LogP contribution in [-0.2, 0) is 6.54 Å². The molecule has 0 atom stereocenters. The third-order valence-corrected chi connectivity index (χ3v) is 4.46. The standard InChI is InChI=1S/C13H14Cl2FN3OS/c1-19(2)13-18-12(20-3)10(21-13)6-17-11-8(14)4-7(16)5-9(11)15/h4-5,17H,6H2,1-3H3. The average molecular weight is 350 g/mol. The van der Waals surface area contributed by atoms with Gasteiger partial charge in [0.1, 0.15) is 5.82 Å². The van der Waals surface area contributed by atoms with E-state index in [0.29, 0.717) is 18.1 Å². The fraction of sp³-hybridized carbons (Fsp3) is 0.308. The monoisotopic (exact) mass is 349 g/mol. The summed E-state index contributed by atoms with van der Waals surface area (Å²) < 4.78 is 18.4. The molecule has 0 amide bonds. The van der Waals surface area contributed by atoms with Crippen molar-refractivity contribution in [2.75, 3.05) is 31.4 Å². The largest absolute Gasteiger partial charge is 0.480 e. The molecule has 0 aliphatic heterocycles. The van der Waals surface area contributed by atoms with Crippen LogP contribution in [0.5, 0.6) is 5.88 Å². The van der Waals surface area contributed by atoms with Crippen molar-refractivity contribution >= 4 is 45.4 Å². The van der Waals surface area contributed by atoms with Gasteiger partial charge in [-0.1, -0.05) is 34.5 Å². The summed E-state index contributed by atoms with van der Waals surface area (Å²) in [6, 6.07) is 2.43. The molecule has 1 N–H and O–H groups in total. The van der Waals surface area contributed by atoms with E-state index in [9.17, 15) is 4.39 Å². The highest BCUT2D eigenvalue weighted by molar-refractivity contribution is 7.15. The van der Waals surface area contributed by atoms with Crippen molar-refractivity contribution in [1.82, 2.24) is 4.98 Å². The van der Waals surface area contributed by atoms with E-state index in [4.69, 9.17) is 27.9 Å². The second-order valence-corrected chi connectivity index (χ2v) is 6.30. The number of ether oxygens (including phenoxy) is 1. The molecule has 2 aromatic rings. The minimum Gasteiger partial charge on any atom is -0.480 e. The zero-order chi connectivity index (χ0) is 15.6. The molecule has 0 saturated heterocycles. The van der Waals surface area contributed by atoms with Gasteiger partial charge in [-0.15, -0.1) is 0 Å². The van der Waals surface area contributed by atoms with Crippen molar-refractivity contribution in [2.45, 2.75) is 6.54 Å². The second-order valence-electron chi connectivity index (χ2n) is 4.42. The van der Waals surface area contributed by atoms with Crippen LogP contribution < -0.4 is 15.0 Å². The van der Waals surface area contributed by atoms with Crippen molar-refractivity contribution in [3.8, 4) is 5.88 Å². The molecule has 1 aromatic carbocycles. The molecule has 1 aromatic heterocycles. The Morgan fingerprint density at radius 1 is 1.33 bits per heavy atom. The lowest BCUT2D eigenvalue weighted by Crippen LogP contribution is -2.07. The summed E-state index contributed by atoms with van der Waals surface area (Å²) in [6.07, 6.45) is 0. The number of nitrogens with one attached hydrogen (secondary N) is 1. The Morgan fingerprint density at radius 3 is 2.48 bits per heavy atom. The minimum absolute atomic E-state index is 0.233. The number of hydrogen-bond donors (Lipinski definition) is 1. The summed E-state index contributed by atoms with van der Waals surface area (Å²) in [7, 11) is 5.38. The molecule has 2 rings (SSSR count). The fourth-order valence-corrected chi connectivity index (χ4v) is 3.15.